The maximum atomic E-state index is 13.1. The molecular weight excluding hydrogens is 707 g/mol. The van der Waals surface area contributed by atoms with E-state index in [1.165, 1.54) is 128 Å². The number of carbonyl (C=O) groups is 2. The van der Waals surface area contributed by atoms with Gasteiger partial charge in [0.05, 0.1) is 25.2 Å². The first kappa shape index (κ1) is 55.1. The normalized spacial score (nSPS) is 13.6. The van der Waals surface area contributed by atoms with Gasteiger partial charge in [-0.05, 0) is 57.8 Å². The van der Waals surface area contributed by atoms with Crippen molar-refractivity contribution in [3.63, 3.8) is 0 Å². The average Bonchev–Trinajstić information content (AvgIpc) is 3.20. The van der Waals surface area contributed by atoms with Gasteiger partial charge in [-0.1, -0.05) is 218 Å². The largest absolute Gasteiger partial charge is 0.462 e. The number of hydrogen-bond donors (Lipinski definition) is 3. The van der Waals surface area contributed by atoms with Crippen molar-refractivity contribution in [1.82, 2.24) is 5.32 Å². The van der Waals surface area contributed by atoms with E-state index in [2.05, 4.69) is 62.5 Å². The minimum Gasteiger partial charge on any atom is -0.462 e. The number of allylic oxidation sites excluding steroid dienone is 6. The van der Waals surface area contributed by atoms with Crippen LogP contribution in [0.2, 0.25) is 0 Å². The summed E-state index contributed by atoms with van der Waals surface area (Å²) in [6.45, 7) is 6.34. The predicted octanol–water partition coefficient (Wildman–Crippen LogP) is 14.5. The molecule has 0 bridgehead atoms. The Kier molecular flexibility index (Phi) is 43.6. The van der Waals surface area contributed by atoms with Crippen LogP contribution in [-0.4, -0.2) is 46.9 Å². The average molecular weight is 802 g/mol. The van der Waals surface area contributed by atoms with Crippen molar-refractivity contribution in [2.75, 3.05) is 6.61 Å². The van der Waals surface area contributed by atoms with Gasteiger partial charge in [-0.25, -0.2) is 0 Å². The van der Waals surface area contributed by atoms with Gasteiger partial charge in [0.1, 0.15) is 6.10 Å². The second kappa shape index (κ2) is 45.2. The molecule has 0 aliphatic heterocycles. The molecule has 334 valence electrons. The smallest absolute Gasteiger partial charge is 0.306 e. The molecule has 3 unspecified atom stereocenters. The van der Waals surface area contributed by atoms with Gasteiger partial charge in [-0.15, -0.1) is 0 Å². The minimum atomic E-state index is -0.793. The Morgan fingerprint density at radius 3 is 1.42 bits per heavy atom. The highest BCUT2D eigenvalue weighted by Gasteiger charge is 2.24. The molecule has 1 amide bonds. The SMILES string of the molecule is CC/C=C/C/C=C/C/C=C/CCCCC(CC(=O)NC(CO)C(O)CCCCCCCCCCC)OC(=O)CCCCCCCCCCCCCCCCCCC. The van der Waals surface area contributed by atoms with Crippen molar-refractivity contribution in [2.24, 2.45) is 0 Å². The van der Waals surface area contributed by atoms with Crippen LogP contribution >= 0.6 is 0 Å². The fraction of sp³-hybridized carbons (Fsp3) is 0.843. The molecule has 0 fully saturated rings. The topological polar surface area (TPSA) is 95.9 Å². The molecule has 0 spiro atoms. The van der Waals surface area contributed by atoms with Crippen LogP contribution in [0.25, 0.3) is 0 Å². The first-order chi connectivity index (χ1) is 28.0. The highest BCUT2D eigenvalue weighted by Crippen LogP contribution is 2.17. The van der Waals surface area contributed by atoms with Gasteiger partial charge in [-0.2, -0.15) is 0 Å². The van der Waals surface area contributed by atoms with Crippen molar-refractivity contribution in [3.05, 3.63) is 36.5 Å². The number of rotatable bonds is 44. The first-order valence-electron chi connectivity index (χ1n) is 24.7. The summed E-state index contributed by atoms with van der Waals surface area (Å²) in [6, 6.07) is -0.709. The number of amides is 1. The van der Waals surface area contributed by atoms with E-state index in [0.717, 1.165) is 77.0 Å². The molecule has 3 atom stereocenters. The molecule has 0 heterocycles. The van der Waals surface area contributed by atoms with Gasteiger partial charge in [0.2, 0.25) is 5.91 Å². The van der Waals surface area contributed by atoms with E-state index >= 15 is 0 Å². The van der Waals surface area contributed by atoms with Crippen LogP contribution in [0.4, 0.5) is 0 Å². The van der Waals surface area contributed by atoms with Gasteiger partial charge in [0.15, 0.2) is 0 Å². The molecule has 3 N–H and O–H groups in total. The first-order valence-corrected chi connectivity index (χ1v) is 24.7. The number of unbranched alkanes of at least 4 members (excludes halogenated alkanes) is 26. The number of esters is 1. The molecular formula is C51H95NO5. The van der Waals surface area contributed by atoms with E-state index in [1.54, 1.807) is 0 Å². The second-order valence-electron chi connectivity index (χ2n) is 16.8. The highest BCUT2D eigenvalue weighted by molar-refractivity contribution is 5.77. The third-order valence-corrected chi connectivity index (χ3v) is 11.2. The third kappa shape index (κ3) is 40.6. The highest BCUT2D eigenvalue weighted by atomic mass is 16.5. The number of ether oxygens (including phenoxy) is 1. The molecule has 0 saturated heterocycles. The number of aliphatic hydroxyl groups excluding tert-OH is 2. The summed E-state index contributed by atoms with van der Waals surface area (Å²) in [7, 11) is 0. The van der Waals surface area contributed by atoms with E-state index in [0.29, 0.717) is 19.3 Å². The van der Waals surface area contributed by atoms with Crippen molar-refractivity contribution in [1.29, 1.82) is 0 Å². The summed E-state index contributed by atoms with van der Waals surface area (Å²) in [6.07, 6.45) is 52.2. The summed E-state index contributed by atoms with van der Waals surface area (Å²) in [5, 5.41) is 23.6. The van der Waals surface area contributed by atoms with Crippen molar-refractivity contribution < 1.29 is 24.5 Å². The van der Waals surface area contributed by atoms with Gasteiger partial charge in [0, 0.05) is 6.42 Å². The standard InChI is InChI=1S/C51H95NO5/c1-4-7-10-13-16-19-21-23-24-25-26-27-29-32-35-38-41-44-51(56)57-47(42-39-36-33-31-28-22-20-17-14-11-8-5-2)45-50(55)52-48(46-53)49(54)43-40-37-34-30-18-15-12-9-6-3/h8,11,17,20,28,31,47-49,53-54H,4-7,9-10,12-16,18-19,21-27,29-30,32-46H2,1-3H3,(H,52,55)/b11-8+,20-17+,31-28+. The lowest BCUT2D eigenvalue weighted by Gasteiger charge is -2.24. The lowest BCUT2D eigenvalue weighted by Crippen LogP contribution is -2.46. The maximum absolute atomic E-state index is 13.1. The Morgan fingerprint density at radius 1 is 0.526 bits per heavy atom. The summed E-state index contributed by atoms with van der Waals surface area (Å²) >= 11 is 0. The Morgan fingerprint density at radius 2 is 0.947 bits per heavy atom. The van der Waals surface area contributed by atoms with E-state index in [4.69, 9.17) is 4.74 Å². The van der Waals surface area contributed by atoms with Crippen LogP contribution < -0.4 is 5.32 Å². The number of nitrogens with one attached hydrogen (secondary N) is 1. The number of hydrogen-bond acceptors (Lipinski definition) is 5. The molecule has 0 aromatic carbocycles. The lowest BCUT2D eigenvalue weighted by molar-refractivity contribution is -0.151. The zero-order valence-electron chi connectivity index (χ0n) is 38.0. The van der Waals surface area contributed by atoms with E-state index in [9.17, 15) is 19.8 Å². The third-order valence-electron chi connectivity index (χ3n) is 11.2. The van der Waals surface area contributed by atoms with Crippen LogP contribution in [0.3, 0.4) is 0 Å². The van der Waals surface area contributed by atoms with Crippen LogP contribution in [0.5, 0.6) is 0 Å². The lowest BCUT2D eigenvalue weighted by atomic mass is 10.0. The van der Waals surface area contributed by atoms with Gasteiger partial charge in [-0.3, -0.25) is 9.59 Å². The fourth-order valence-corrected chi connectivity index (χ4v) is 7.50. The molecule has 6 heteroatoms. The summed E-state index contributed by atoms with van der Waals surface area (Å²) < 4.78 is 5.90. The molecule has 0 radical (unpaired) electrons. The van der Waals surface area contributed by atoms with Crippen LogP contribution in [-0.2, 0) is 14.3 Å². The molecule has 0 aromatic heterocycles. The van der Waals surface area contributed by atoms with Crippen LogP contribution in [0.1, 0.15) is 252 Å². The summed E-state index contributed by atoms with van der Waals surface area (Å²) in [4.78, 5) is 26.0. The fourth-order valence-electron chi connectivity index (χ4n) is 7.50. The van der Waals surface area contributed by atoms with Crippen molar-refractivity contribution in [3.8, 4) is 0 Å². The van der Waals surface area contributed by atoms with Crippen LogP contribution in [0, 0.1) is 0 Å². The quantitative estimate of drug-likeness (QED) is 0.0324. The number of carbonyl (C=O) groups excluding carboxylic acids is 2. The zero-order valence-corrected chi connectivity index (χ0v) is 38.0. The minimum absolute atomic E-state index is 0.0547. The molecule has 0 rings (SSSR count). The Bertz CT molecular complexity index is 946. The monoisotopic (exact) mass is 802 g/mol. The zero-order chi connectivity index (χ0) is 41.7. The summed E-state index contributed by atoms with van der Waals surface area (Å²) in [5.41, 5.74) is 0. The van der Waals surface area contributed by atoms with E-state index in [1.807, 2.05) is 0 Å². The van der Waals surface area contributed by atoms with Crippen molar-refractivity contribution >= 4 is 11.9 Å². The predicted molar refractivity (Wildman–Crippen MR) is 246 cm³/mol. The molecule has 0 aliphatic rings. The Labute approximate surface area is 353 Å². The second-order valence-corrected chi connectivity index (χ2v) is 16.8. The van der Waals surface area contributed by atoms with Crippen molar-refractivity contribution in [2.45, 2.75) is 270 Å². The molecule has 0 aromatic rings. The Balaban J connectivity index is 4.54. The van der Waals surface area contributed by atoms with Gasteiger partial charge in [0.25, 0.3) is 0 Å². The number of aliphatic hydroxyl groups is 2. The van der Waals surface area contributed by atoms with E-state index in [-0.39, 0.29) is 24.9 Å². The molecule has 6 nitrogen and oxygen atoms in total. The Hall–Kier alpha value is -1.92. The maximum Gasteiger partial charge on any atom is 0.306 e. The van der Waals surface area contributed by atoms with Crippen LogP contribution in [0.15, 0.2) is 36.5 Å². The van der Waals surface area contributed by atoms with Gasteiger partial charge >= 0.3 is 5.97 Å². The molecule has 57 heavy (non-hydrogen) atoms. The van der Waals surface area contributed by atoms with E-state index < -0.39 is 18.2 Å². The summed E-state index contributed by atoms with van der Waals surface area (Å²) in [5.74, 6) is -0.505. The molecule has 0 aliphatic carbocycles. The molecule has 0 saturated carbocycles. The van der Waals surface area contributed by atoms with Gasteiger partial charge < -0.3 is 20.3 Å².